The molecule has 0 amide bonds. The summed E-state index contributed by atoms with van der Waals surface area (Å²) in [5.41, 5.74) is 0.817. The summed E-state index contributed by atoms with van der Waals surface area (Å²) in [5, 5.41) is 17.7. The number of nitrogens with zero attached hydrogens (tertiary/aromatic N) is 2. The number of carbonyl (C=O) groups is 1. The molecule has 160 valence electrons. The summed E-state index contributed by atoms with van der Waals surface area (Å²) >= 11 is 0. The number of carboxylic acids is 1. The van der Waals surface area contributed by atoms with E-state index < -0.39 is 23.2 Å². The van der Waals surface area contributed by atoms with Crippen LogP contribution >= 0.6 is 0 Å². The summed E-state index contributed by atoms with van der Waals surface area (Å²) < 4.78 is 30.7. The fraction of sp³-hybridized carbons (Fsp3) is 0.0870. The van der Waals surface area contributed by atoms with Crippen molar-refractivity contribution in [1.82, 2.24) is 19.7 Å². The summed E-state index contributed by atoms with van der Waals surface area (Å²) in [4.78, 5) is 27.4. The number of pyridine rings is 1. The van der Waals surface area contributed by atoms with Crippen molar-refractivity contribution in [2.24, 2.45) is 0 Å². The van der Waals surface area contributed by atoms with Gasteiger partial charge in [0.2, 0.25) is 0 Å². The van der Waals surface area contributed by atoms with Crippen LogP contribution in [-0.4, -0.2) is 30.8 Å². The molecule has 3 aromatic heterocycles. The van der Waals surface area contributed by atoms with E-state index >= 15 is 0 Å². The minimum absolute atomic E-state index is 0.130. The number of hydrogen-bond acceptors (Lipinski definition) is 3. The van der Waals surface area contributed by atoms with E-state index in [2.05, 4.69) is 15.2 Å². The second-order valence-electron chi connectivity index (χ2n) is 7.55. The van der Waals surface area contributed by atoms with Crippen molar-refractivity contribution >= 4 is 27.8 Å². The molecule has 5 aromatic rings. The van der Waals surface area contributed by atoms with Crippen LogP contribution in [0.1, 0.15) is 21.6 Å². The third kappa shape index (κ3) is 2.97. The Morgan fingerprint density at radius 3 is 2.75 bits per heavy atom. The second-order valence-corrected chi connectivity index (χ2v) is 7.55. The van der Waals surface area contributed by atoms with Gasteiger partial charge < -0.3 is 14.7 Å². The first-order valence-corrected chi connectivity index (χ1v) is 9.70. The van der Waals surface area contributed by atoms with Crippen LogP contribution in [0.5, 0.6) is 0 Å². The summed E-state index contributed by atoms with van der Waals surface area (Å²) in [7, 11) is 0. The van der Waals surface area contributed by atoms with Crippen molar-refractivity contribution in [2.45, 2.75) is 13.5 Å². The topological polar surface area (TPSA) is 104 Å². The van der Waals surface area contributed by atoms with Crippen LogP contribution in [0.4, 0.5) is 8.78 Å². The van der Waals surface area contributed by atoms with Gasteiger partial charge in [-0.15, -0.1) is 0 Å². The van der Waals surface area contributed by atoms with E-state index in [9.17, 15) is 23.5 Å². The molecule has 0 aliphatic rings. The Morgan fingerprint density at radius 1 is 1.19 bits per heavy atom. The molecule has 32 heavy (non-hydrogen) atoms. The summed E-state index contributed by atoms with van der Waals surface area (Å²) in [6, 6.07) is 8.63. The lowest BCUT2D eigenvalue weighted by Gasteiger charge is -2.11. The highest BCUT2D eigenvalue weighted by Crippen LogP contribution is 2.36. The zero-order valence-corrected chi connectivity index (χ0v) is 16.7. The number of aryl methyl sites for hydroxylation is 1. The number of carboxylic acid groups (broad SMARTS) is 1. The molecule has 2 aromatic carbocycles. The van der Waals surface area contributed by atoms with Crippen LogP contribution in [-0.2, 0) is 6.54 Å². The first kappa shape index (κ1) is 19.7. The van der Waals surface area contributed by atoms with E-state index in [1.165, 1.54) is 41.2 Å². The molecule has 0 bridgehead atoms. The second kappa shape index (κ2) is 7.16. The predicted molar refractivity (Wildman–Crippen MR) is 115 cm³/mol. The largest absolute Gasteiger partial charge is 0.477 e. The highest BCUT2D eigenvalue weighted by Gasteiger charge is 2.26. The van der Waals surface area contributed by atoms with E-state index in [-0.39, 0.29) is 34.4 Å². The number of halogens is 2. The molecule has 3 N–H and O–H groups in total. The van der Waals surface area contributed by atoms with Crippen molar-refractivity contribution in [1.29, 1.82) is 0 Å². The first-order valence-electron chi connectivity index (χ1n) is 9.70. The Labute approximate surface area is 178 Å². The van der Waals surface area contributed by atoms with Crippen molar-refractivity contribution < 1.29 is 18.7 Å². The molecule has 0 aliphatic heterocycles. The zero-order valence-electron chi connectivity index (χ0n) is 16.7. The fourth-order valence-electron chi connectivity index (χ4n) is 4.06. The zero-order chi connectivity index (χ0) is 22.6. The third-order valence-electron chi connectivity index (χ3n) is 5.57. The molecule has 5 rings (SSSR count). The summed E-state index contributed by atoms with van der Waals surface area (Å²) in [6.07, 6.45) is 2.97. The van der Waals surface area contributed by atoms with Crippen LogP contribution in [0.25, 0.3) is 32.9 Å². The Balaban J connectivity index is 1.85. The molecular formula is C23H16F2N4O3. The highest BCUT2D eigenvalue weighted by molar-refractivity contribution is 6.08. The number of rotatable bonds is 4. The van der Waals surface area contributed by atoms with Crippen LogP contribution in [0, 0.1) is 18.6 Å². The van der Waals surface area contributed by atoms with Crippen LogP contribution < -0.4 is 5.56 Å². The van der Waals surface area contributed by atoms with Gasteiger partial charge in [-0.1, -0.05) is 0 Å². The van der Waals surface area contributed by atoms with Gasteiger partial charge in [0, 0.05) is 33.7 Å². The lowest BCUT2D eigenvalue weighted by molar-refractivity contribution is 0.0687. The van der Waals surface area contributed by atoms with Gasteiger partial charge in [-0.05, 0) is 48.9 Å². The molecule has 3 heterocycles. The van der Waals surface area contributed by atoms with E-state index in [0.29, 0.717) is 21.9 Å². The minimum Gasteiger partial charge on any atom is -0.477 e. The number of H-pyrrole nitrogens is 2. The van der Waals surface area contributed by atoms with Gasteiger partial charge in [0.05, 0.1) is 23.8 Å². The summed E-state index contributed by atoms with van der Waals surface area (Å²) in [5.74, 6) is -2.42. The van der Waals surface area contributed by atoms with Gasteiger partial charge in [0.1, 0.15) is 17.3 Å². The monoisotopic (exact) mass is 434 g/mol. The first-order chi connectivity index (χ1) is 15.3. The average molecular weight is 434 g/mol. The number of aromatic carboxylic acids is 1. The van der Waals surface area contributed by atoms with Gasteiger partial charge >= 0.3 is 5.97 Å². The maximum Gasteiger partial charge on any atom is 0.353 e. The Kier molecular flexibility index (Phi) is 4.40. The van der Waals surface area contributed by atoms with E-state index in [0.717, 1.165) is 0 Å². The van der Waals surface area contributed by atoms with E-state index in [4.69, 9.17) is 0 Å². The molecule has 0 saturated carbocycles. The van der Waals surface area contributed by atoms with Gasteiger partial charge in [-0.3, -0.25) is 9.89 Å². The van der Waals surface area contributed by atoms with Gasteiger partial charge in [-0.25, -0.2) is 13.6 Å². The predicted octanol–water partition coefficient (Wildman–Crippen LogP) is 4.21. The standard InChI is InChI=1S/C23H16F2N4O3/c1-11-5-15-19(8-16(11)24)29(10-13-6-12-9-27-28-18(12)7-17(13)25)21(23(31)32)20(15)14-3-2-4-26-22(14)30/h2-9H,10H2,1H3,(H,26,30)(H,27,28)(H,31,32). The van der Waals surface area contributed by atoms with Crippen molar-refractivity contribution in [3.63, 3.8) is 0 Å². The molecular weight excluding hydrogens is 418 g/mol. The SMILES string of the molecule is Cc1cc2c(-c3ccc[nH]c3=O)c(C(=O)O)n(Cc3cc4cn[nH]c4cc3F)c2cc1F. The minimum atomic E-state index is -1.32. The fourth-order valence-corrected chi connectivity index (χ4v) is 4.06. The van der Waals surface area contributed by atoms with Crippen molar-refractivity contribution in [2.75, 3.05) is 0 Å². The number of aromatic nitrogens is 4. The van der Waals surface area contributed by atoms with Crippen LogP contribution in [0.2, 0.25) is 0 Å². The smallest absolute Gasteiger partial charge is 0.353 e. The van der Waals surface area contributed by atoms with Gasteiger partial charge in [-0.2, -0.15) is 5.10 Å². The Morgan fingerprint density at radius 2 is 2.00 bits per heavy atom. The molecule has 0 unspecified atom stereocenters. The molecule has 0 saturated heterocycles. The number of hydrogen-bond donors (Lipinski definition) is 3. The van der Waals surface area contributed by atoms with Crippen molar-refractivity contribution in [3.8, 4) is 11.1 Å². The molecule has 9 heteroatoms. The van der Waals surface area contributed by atoms with E-state index in [1.807, 2.05) is 0 Å². The van der Waals surface area contributed by atoms with E-state index in [1.54, 1.807) is 19.1 Å². The number of aromatic amines is 2. The molecule has 0 spiro atoms. The molecule has 7 nitrogen and oxygen atoms in total. The maximum absolute atomic E-state index is 14.8. The van der Waals surface area contributed by atoms with Crippen molar-refractivity contribution in [3.05, 3.63) is 87.6 Å². The van der Waals surface area contributed by atoms with Crippen LogP contribution in [0.15, 0.2) is 53.6 Å². The third-order valence-corrected chi connectivity index (χ3v) is 5.57. The number of benzene rings is 2. The Bertz CT molecular complexity index is 1600. The van der Waals surface area contributed by atoms with Crippen LogP contribution in [0.3, 0.4) is 0 Å². The molecule has 0 atom stereocenters. The average Bonchev–Trinajstić information content (AvgIpc) is 3.31. The normalized spacial score (nSPS) is 11.5. The highest BCUT2D eigenvalue weighted by atomic mass is 19.1. The summed E-state index contributed by atoms with van der Waals surface area (Å²) in [6.45, 7) is 1.37. The lowest BCUT2D eigenvalue weighted by atomic mass is 10.0. The lowest BCUT2D eigenvalue weighted by Crippen LogP contribution is -2.14. The number of nitrogens with one attached hydrogen (secondary N) is 2. The van der Waals surface area contributed by atoms with Gasteiger partial charge in [0.25, 0.3) is 5.56 Å². The molecule has 0 fully saturated rings. The van der Waals surface area contributed by atoms with Gasteiger partial charge in [0.15, 0.2) is 0 Å². The Hall–Kier alpha value is -4.27. The molecule has 0 aliphatic carbocycles. The molecule has 0 radical (unpaired) electrons. The number of fused-ring (bicyclic) bond motifs is 2. The maximum atomic E-state index is 14.8. The quantitative estimate of drug-likeness (QED) is 0.394.